The van der Waals surface area contributed by atoms with E-state index in [1.807, 2.05) is 0 Å². The Morgan fingerprint density at radius 1 is 1.24 bits per heavy atom. The van der Waals surface area contributed by atoms with Crippen molar-refractivity contribution in [1.29, 1.82) is 0 Å². The molecule has 0 aromatic heterocycles. The summed E-state index contributed by atoms with van der Waals surface area (Å²) in [4.78, 5) is 13.3. The van der Waals surface area contributed by atoms with Crippen LogP contribution in [0.5, 0.6) is 0 Å². The molecule has 0 radical (unpaired) electrons. The number of rotatable bonds is 6. The molecule has 0 fully saturated rings. The molecular weight excluding hydrogens is 290 g/mol. The fourth-order valence-electron chi connectivity index (χ4n) is 1.50. The lowest BCUT2D eigenvalue weighted by Crippen LogP contribution is -2.16. The normalized spacial score (nSPS) is 12.4. The van der Waals surface area contributed by atoms with Crippen molar-refractivity contribution in [2.24, 2.45) is 0 Å². The molecular formula is C15H19NO4S. The highest BCUT2D eigenvalue weighted by Gasteiger charge is 2.27. The van der Waals surface area contributed by atoms with Gasteiger partial charge in [0.25, 0.3) is 0 Å². The van der Waals surface area contributed by atoms with Crippen LogP contribution in [0.25, 0.3) is 0 Å². The predicted molar refractivity (Wildman–Crippen MR) is 81.2 cm³/mol. The summed E-state index contributed by atoms with van der Waals surface area (Å²) in [5.41, 5.74) is 0. The van der Waals surface area contributed by atoms with Crippen molar-refractivity contribution < 1.29 is 17.9 Å². The number of ether oxygens (including phenoxy) is 1. The smallest absolute Gasteiger partial charge is 0.350 e. The van der Waals surface area contributed by atoms with Crippen LogP contribution in [-0.2, 0) is 19.4 Å². The molecule has 6 heteroatoms. The third kappa shape index (κ3) is 4.75. The van der Waals surface area contributed by atoms with Gasteiger partial charge in [-0.15, -0.1) is 0 Å². The number of esters is 1. The summed E-state index contributed by atoms with van der Waals surface area (Å²) < 4.78 is 29.9. The highest BCUT2D eigenvalue weighted by Crippen LogP contribution is 2.20. The number of carbonyl (C=O) groups is 1. The van der Waals surface area contributed by atoms with Gasteiger partial charge in [0, 0.05) is 14.1 Å². The summed E-state index contributed by atoms with van der Waals surface area (Å²) in [5.74, 6) is -0.857. The molecule has 1 rings (SSSR count). The number of carbonyl (C=O) groups excluding carboxylic acids is 1. The van der Waals surface area contributed by atoms with Gasteiger partial charge in [0.2, 0.25) is 9.84 Å². The third-order valence-corrected chi connectivity index (χ3v) is 4.23. The average molecular weight is 309 g/mol. The third-order valence-electron chi connectivity index (χ3n) is 2.45. The Hall–Kier alpha value is -2.08. The Morgan fingerprint density at radius 3 is 2.38 bits per heavy atom. The second-order valence-electron chi connectivity index (χ2n) is 4.37. The summed E-state index contributed by atoms with van der Waals surface area (Å²) >= 11 is 0. The van der Waals surface area contributed by atoms with E-state index in [1.54, 1.807) is 50.3 Å². The Balaban J connectivity index is 3.27. The Labute approximate surface area is 125 Å². The zero-order valence-corrected chi connectivity index (χ0v) is 13.1. The molecule has 0 spiro atoms. The molecule has 0 saturated heterocycles. The molecule has 0 N–H and O–H groups in total. The second-order valence-corrected chi connectivity index (χ2v) is 6.29. The average Bonchev–Trinajstić information content (AvgIpc) is 2.44. The lowest BCUT2D eigenvalue weighted by molar-refractivity contribution is -0.137. The van der Waals surface area contributed by atoms with Crippen molar-refractivity contribution >= 4 is 15.8 Å². The van der Waals surface area contributed by atoms with Crippen LogP contribution in [-0.4, -0.2) is 40.0 Å². The van der Waals surface area contributed by atoms with Gasteiger partial charge in [-0.1, -0.05) is 18.2 Å². The quantitative estimate of drug-likeness (QED) is 0.457. The van der Waals surface area contributed by atoms with Crippen molar-refractivity contribution in [1.82, 2.24) is 4.90 Å². The molecule has 0 aliphatic heterocycles. The van der Waals surface area contributed by atoms with E-state index in [0.717, 1.165) is 0 Å². The topological polar surface area (TPSA) is 63.7 Å². The van der Waals surface area contributed by atoms with E-state index in [-0.39, 0.29) is 16.4 Å². The molecule has 0 aliphatic rings. The van der Waals surface area contributed by atoms with Crippen molar-refractivity contribution in [3.05, 3.63) is 53.6 Å². The van der Waals surface area contributed by atoms with Crippen LogP contribution in [0.1, 0.15) is 6.92 Å². The molecule has 114 valence electrons. The van der Waals surface area contributed by atoms with Crippen LogP contribution in [0.4, 0.5) is 0 Å². The fraction of sp³-hybridized carbons (Fsp3) is 0.267. The first-order chi connectivity index (χ1) is 9.89. The zero-order chi connectivity index (χ0) is 15.9. The zero-order valence-electron chi connectivity index (χ0n) is 12.3. The van der Waals surface area contributed by atoms with E-state index >= 15 is 0 Å². The summed E-state index contributed by atoms with van der Waals surface area (Å²) in [6.07, 6.45) is 4.38. The number of nitrogens with zero attached hydrogens (tertiary/aromatic N) is 1. The van der Waals surface area contributed by atoms with Crippen LogP contribution in [0.3, 0.4) is 0 Å². The molecule has 0 aliphatic carbocycles. The van der Waals surface area contributed by atoms with Gasteiger partial charge in [-0.2, -0.15) is 0 Å². The summed E-state index contributed by atoms with van der Waals surface area (Å²) in [7, 11) is -0.320. The van der Waals surface area contributed by atoms with Gasteiger partial charge in [-0.3, -0.25) is 0 Å². The van der Waals surface area contributed by atoms with Gasteiger partial charge >= 0.3 is 5.97 Å². The number of hydrogen-bond donors (Lipinski definition) is 0. The molecule has 1 aromatic carbocycles. The first kappa shape index (κ1) is 17.0. The van der Waals surface area contributed by atoms with Gasteiger partial charge in [-0.25, -0.2) is 13.2 Å². The van der Waals surface area contributed by atoms with Crippen LogP contribution in [0, 0.1) is 0 Å². The van der Waals surface area contributed by atoms with E-state index in [9.17, 15) is 13.2 Å². The van der Waals surface area contributed by atoms with E-state index < -0.39 is 15.8 Å². The fourth-order valence-corrected chi connectivity index (χ4v) is 2.80. The first-order valence-electron chi connectivity index (χ1n) is 6.41. The maximum Gasteiger partial charge on any atom is 0.350 e. The SMILES string of the molecule is CCOC(=O)C(=CC=CN(C)C)S(=O)(=O)c1ccccc1. The van der Waals surface area contributed by atoms with Gasteiger partial charge < -0.3 is 9.64 Å². The molecule has 21 heavy (non-hydrogen) atoms. The lowest BCUT2D eigenvalue weighted by Gasteiger charge is -2.08. The predicted octanol–water partition coefficient (Wildman–Crippen LogP) is 1.98. The minimum atomic E-state index is -3.90. The molecule has 0 saturated carbocycles. The van der Waals surface area contributed by atoms with Crippen molar-refractivity contribution in [2.75, 3.05) is 20.7 Å². The van der Waals surface area contributed by atoms with E-state index in [2.05, 4.69) is 0 Å². The molecule has 0 heterocycles. The van der Waals surface area contributed by atoms with Gasteiger partial charge in [0.05, 0.1) is 11.5 Å². The minimum absolute atomic E-state index is 0.0579. The largest absolute Gasteiger partial charge is 0.462 e. The molecule has 0 bridgehead atoms. The standard InChI is InChI=1S/C15H19NO4S/c1-4-20-15(17)14(11-8-12-16(2)3)21(18,19)13-9-6-5-7-10-13/h5-12H,4H2,1-3H3. The van der Waals surface area contributed by atoms with Crippen LogP contribution < -0.4 is 0 Å². The van der Waals surface area contributed by atoms with Gasteiger partial charge in [-0.05, 0) is 37.4 Å². The summed E-state index contributed by atoms with van der Waals surface area (Å²) in [6.45, 7) is 1.73. The summed E-state index contributed by atoms with van der Waals surface area (Å²) in [6, 6.07) is 7.80. The van der Waals surface area contributed by atoms with Crippen LogP contribution >= 0.6 is 0 Å². The molecule has 5 nitrogen and oxygen atoms in total. The highest BCUT2D eigenvalue weighted by atomic mass is 32.2. The van der Waals surface area contributed by atoms with Gasteiger partial charge in [0.15, 0.2) is 4.91 Å². The molecule has 0 atom stereocenters. The van der Waals surface area contributed by atoms with Crippen molar-refractivity contribution in [3.63, 3.8) is 0 Å². The Bertz CT molecular complexity index is 631. The Kier molecular flexibility index (Phi) is 6.17. The van der Waals surface area contributed by atoms with E-state index in [4.69, 9.17) is 4.74 Å². The number of benzene rings is 1. The first-order valence-corrected chi connectivity index (χ1v) is 7.90. The molecule has 0 amide bonds. The Morgan fingerprint density at radius 2 is 1.86 bits per heavy atom. The van der Waals surface area contributed by atoms with Crippen molar-refractivity contribution in [2.45, 2.75) is 11.8 Å². The minimum Gasteiger partial charge on any atom is -0.462 e. The van der Waals surface area contributed by atoms with Crippen LogP contribution in [0.2, 0.25) is 0 Å². The number of sulfone groups is 1. The molecule has 0 unspecified atom stereocenters. The lowest BCUT2D eigenvalue weighted by atomic mass is 10.4. The number of hydrogen-bond acceptors (Lipinski definition) is 5. The molecule has 1 aromatic rings. The number of allylic oxidation sites excluding steroid dienone is 2. The van der Waals surface area contributed by atoms with E-state index in [1.165, 1.54) is 24.3 Å². The van der Waals surface area contributed by atoms with E-state index in [0.29, 0.717) is 0 Å². The van der Waals surface area contributed by atoms with Gasteiger partial charge in [0.1, 0.15) is 0 Å². The maximum absolute atomic E-state index is 12.5. The maximum atomic E-state index is 12.5. The van der Waals surface area contributed by atoms with Crippen molar-refractivity contribution in [3.8, 4) is 0 Å². The van der Waals surface area contributed by atoms with Crippen LogP contribution in [0.15, 0.2) is 58.5 Å². The monoisotopic (exact) mass is 309 g/mol. The second kappa shape index (κ2) is 7.64. The highest BCUT2D eigenvalue weighted by molar-refractivity contribution is 7.96. The summed E-state index contributed by atoms with van der Waals surface area (Å²) in [5, 5.41) is 0.